The second-order valence-corrected chi connectivity index (χ2v) is 4.62. The first kappa shape index (κ1) is 15.3. The van der Waals surface area contributed by atoms with Crippen LogP contribution in [0.4, 0.5) is 13.2 Å². The van der Waals surface area contributed by atoms with Crippen molar-refractivity contribution in [2.24, 2.45) is 0 Å². The molecule has 1 N–H and O–H groups in total. The minimum absolute atomic E-state index is 0.155. The van der Waals surface area contributed by atoms with Gasteiger partial charge in [0.25, 0.3) is 5.56 Å². The van der Waals surface area contributed by atoms with Gasteiger partial charge in [0.05, 0.1) is 5.56 Å². The first-order chi connectivity index (χ1) is 9.82. The number of hydrogen-bond acceptors (Lipinski definition) is 2. The van der Waals surface area contributed by atoms with Gasteiger partial charge in [0.2, 0.25) is 0 Å². The third-order valence-corrected chi connectivity index (χ3v) is 2.93. The van der Waals surface area contributed by atoms with E-state index in [4.69, 9.17) is 11.6 Å². The monoisotopic (exact) mass is 314 g/mol. The van der Waals surface area contributed by atoms with Gasteiger partial charge in [-0.2, -0.15) is 13.2 Å². The second-order valence-electron chi connectivity index (χ2n) is 4.18. The number of H-pyrrole nitrogens is 1. The molecule has 2 aromatic rings. The Morgan fingerprint density at radius 1 is 1.24 bits per heavy atom. The molecule has 1 aromatic carbocycles. The standard InChI is InChI=1S/C14H10ClF3N2O/c1-2-3-10-11(14(16,17)18)19-12(20-13(10)21)8-4-6-9(15)7-5-8/h2-7H,1H3,(H,19,20,21)/b3-2+. The average Bonchev–Trinajstić information content (AvgIpc) is 2.40. The molecular weight excluding hydrogens is 305 g/mol. The van der Waals surface area contributed by atoms with Gasteiger partial charge in [-0.3, -0.25) is 4.79 Å². The lowest BCUT2D eigenvalue weighted by Crippen LogP contribution is -2.21. The van der Waals surface area contributed by atoms with E-state index in [1.165, 1.54) is 37.3 Å². The highest BCUT2D eigenvalue weighted by molar-refractivity contribution is 6.30. The molecule has 21 heavy (non-hydrogen) atoms. The lowest BCUT2D eigenvalue weighted by molar-refractivity contribution is -0.141. The molecule has 1 aromatic heterocycles. The van der Waals surface area contributed by atoms with E-state index < -0.39 is 23.0 Å². The average molecular weight is 315 g/mol. The highest BCUT2D eigenvalue weighted by Crippen LogP contribution is 2.31. The Balaban J connectivity index is 2.68. The number of rotatable bonds is 2. The molecule has 0 radical (unpaired) electrons. The smallest absolute Gasteiger partial charge is 0.306 e. The number of alkyl halides is 3. The third-order valence-electron chi connectivity index (χ3n) is 2.67. The molecule has 0 aliphatic heterocycles. The van der Waals surface area contributed by atoms with Crippen molar-refractivity contribution in [2.45, 2.75) is 13.1 Å². The summed E-state index contributed by atoms with van der Waals surface area (Å²) in [6, 6.07) is 5.97. The summed E-state index contributed by atoms with van der Waals surface area (Å²) in [4.78, 5) is 17.8. The van der Waals surface area contributed by atoms with Crippen molar-refractivity contribution in [1.82, 2.24) is 9.97 Å². The number of nitrogens with one attached hydrogen (secondary N) is 1. The van der Waals surface area contributed by atoms with E-state index in [0.717, 1.165) is 6.08 Å². The van der Waals surface area contributed by atoms with Crippen molar-refractivity contribution >= 4 is 17.7 Å². The Labute approximate surface area is 123 Å². The minimum Gasteiger partial charge on any atom is -0.306 e. The van der Waals surface area contributed by atoms with E-state index in [9.17, 15) is 18.0 Å². The zero-order valence-corrected chi connectivity index (χ0v) is 11.6. The van der Waals surface area contributed by atoms with Crippen LogP contribution in [0, 0.1) is 0 Å². The van der Waals surface area contributed by atoms with Crippen LogP contribution >= 0.6 is 11.6 Å². The molecule has 0 saturated carbocycles. The molecule has 0 aliphatic rings. The Morgan fingerprint density at radius 2 is 1.86 bits per heavy atom. The number of halogens is 4. The molecule has 0 spiro atoms. The zero-order chi connectivity index (χ0) is 15.6. The Hall–Kier alpha value is -2.08. The van der Waals surface area contributed by atoms with Gasteiger partial charge in [-0.25, -0.2) is 4.98 Å². The van der Waals surface area contributed by atoms with Crippen LogP contribution in [0.25, 0.3) is 17.5 Å². The van der Waals surface area contributed by atoms with Gasteiger partial charge in [-0.15, -0.1) is 0 Å². The van der Waals surface area contributed by atoms with Crippen LogP contribution in [0.3, 0.4) is 0 Å². The topological polar surface area (TPSA) is 45.8 Å². The summed E-state index contributed by atoms with van der Waals surface area (Å²) in [7, 11) is 0. The fraction of sp³-hybridized carbons (Fsp3) is 0.143. The molecule has 0 amide bonds. The van der Waals surface area contributed by atoms with E-state index in [1.807, 2.05) is 0 Å². The maximum atomic E-state index is 13.0. The number of aromatic nitrogens is 2. The van der Waals surface area contributed by atoms with Gasteiger partial charge in [0.15, 0.2) is 5.69 Å². The Bertz CT molecular complexity index is 733. The van der Waals surface area contributed by atoms with Gasteiger partial charge >= 0.3 is 6.18 Å². The molecule has 0 bridgehead atoms. The van der Waals surface area contributed by atoms with Gasteiger partial charge < -0.3 is 4.98 Å². The van der Waals surface area contributed by atoms with Crippen LogP contribution in [-0.4, -0.2) is 9.97 Å². The predicted octanol–water partition coefficient (Wildman–Crippen LogP) is 4.14. The normalized spacial score (nSPS) is 12.0. The fourth-order valence-corrected chi connectivity index (χ4v) is 1.89. The van der Waals surface area contributed by atoms with Crippen molar-refractivity contribution in [1.29, 1.82) is 0 Å². The van der Waals surface area contributed by atoms with Crippen molar-refractivity contribution in [3.8, 4) is 11.4 Å². The molecular formula is C14H10ClF3N2O. The van der Waals surface area contributed by atoms with Crippen molar-refractivity contribution < 1.29 is 13.2 Å². The van der Waals surface area contributed by atoms with Crippen LogP contribution in [0.2, 0.25) is 5.02 Å². The lowest BCUT2D eigenvalue weighted by atomic mass is 10.1. The zero-order valence-electron chi connectivity index (χ0n) is 10.8. The number of nitrogens with zero attached hydrogens (tertiary/aromatic N) is 1. The fourth-order valence-electron chi connectivity index (χ4n) is 1.76. The quantitative estimate of drug-likeness (QED) is 0.905. The number of aromatic amines is 1. The van der Waals surface area contributed by atoms with Gasteiger partial charge in [-0.1, -0.05) is 23.8 Å². The molecule has 0 saturated heterocycles. The van der Waals surface area contributed by atoms with Gasteiger partial charge in [-0.05, 0) is 31.2 Å². The van der Waals surface area contributed by atoms with E-state index in [1.54, 1.807) is 0 Å². The molecule has 7 heteroatoms. The van der Waals surface area contributed by atoms with E-state index in [2.05, 4.69) is 9.97 Å². The molecule has 0 aliphatic carbocycles. The summed E-state index contributed by atoms with van der Waals surface area (Å²) >= 11 is 5.72. The first-order valence-corrected chi connectivity index (χ1v) is 6.31. The highest BCUT2D eigenvalue weighted by atomic mass is 35.5. The Kier molecular flexibility index (Phi) is 4.18. The summed E-state index contributed by atoms with van der Waals surface area (Å²) in [5, 5.41) is 0.433. The minimum atomic E-state index is -4.72. The largest absolute Gasteiger partial charge is 0.434 e. The van der Waals surface area contributed by atoms with E-state index in [-0.39, 0.29) is 5.82 Å². The predicted molar refractivity (Wildman–Crippen MR) is 75.0 cm³/mol. The number of benzene rings is 1. The number of allylic oxidation sites excluding steroid dienone is 1. The molecule has 2 rings (SSSR count). The van der Waals surface area contributed by atoms with Crippen LogP contribution in [0.15, 0.2) is 35.1 Å². The summed E-state index contributed by atoms with van der Waals surface area (Å²) in [5.41, 5.74) is -2.23. The van der Waals surface area contributed by atoms with Crippen LogP contribution in [-0.2, 0) is 6.18 Å². The summed E-state index contributed by atoms with van der Waals surface area (Å²) in [5.74, 6) is -0.155. The third kappa shape index (κ3) is 3.33. The van der Waals surface area contributed by atoms with E-state index in [0.29, 0.717) is 10.6 Å². The van der Waals surface area contributed by atoms with Crippen LogP contribution in [0.5, 0.6) is 0 Å². The number of hydrogen-bond donors (Lipinski definition) is 1. The SMILES string of the molecule is C/C=C/c1c(C(F)(F)F)nc(-c2ccc(Cl)cc2)[nH]c1=O. The van der Waals surface area contributed by atoms with E-state index >= 15 is 0 Å². The molecule has 0 fully saturated rings. The highest BCUT2D eigenvalue weighted by Gasteiger charge is 2.36. The van der Waals surface area contributed by atoms with Crippen molar-refractivity contribution in [2.75, 3.05) is 0 Å². The van der Waals surface area contributed by atoms with Crippen LogP contribution < -0.4 is 5.56 Å². The lowest BCUT2D eigenvalue weighted by Gasteiger charge is -2.11. The molecule has 1 heterocycles. The van der Waals surface area contributed by atoms with Crippen LogP contribution in [0.1, 0.15) is 18.2 Å². The van der Waals surface area contributed by atoms with Crippen molar-refractivity contribution in [3.05, 3.63) is 57.0 Å². The molecule has 0 atom stereocenters. The van der Waals surface area contributed by atoms with Crippen molar-refractivity contribution in [3.63, 3.8) is 0 Å². The maximum Gasteiger partial charge on any atom is 0.434 e. The summed E-state index contributed by atoms with van der Waals surface area (Å²) in [6.07, 6.45) is -2.28. The van der Waals surface area contributed by atoms with Gasteiger partial charge in [0.1, 0.15) is 5.82 Å². The summed E-state index contributed by atoms with van der Waals surface area (Å²) < 4.78 is 39.1. The van der Waals surface area contributed by atoms with Gasteiger partial charge in [0, 0.05) is 10.6 Å². The first-order valence-electron chi connectivity index (χ1n) is 5.93. The molecule has 0 unspecified atom stereocenters. The molecule has 3 nitrogen and oxygen atoms in total. The maximum absolute atomic E-state index is 13.0. The summed E-state index contributed by atoms with van der Waals surface area (Å²) in [6.45, 7) is 1.52. The Morgan fingerprint density at radius 3 is 2.38 bits per heavy atom. The second kappa shape index (κ2) is 5.73. The molecule has 110 valence electrons.